The summed E-state index contributed by atoms with van der Waals surface area (Å²) < 4.78 is 0.264. The van der Waals surface area contributed by atoms with Gasteiger partial charge in [0.15, 0.2) is 5.96 Å². The van der Waals surface area contributed by atoms with Gasteiger partial charge in [-0.1, -0.05) is 0 Å². The fourth-order valence-electron chi connectivity index (χ4n) is 3.01. The highest BCUT2D eigenvalue weighted by atomic mass is 32.2. The Kier molecular flexibility index (Phi) is 6.41. The number of amides is 1. The lowest BCUT2D eigenvalue weighted by molar-refractivity contribution is -0.129. The molecule has 0 saturated carbocycles. The van der Waals surface area contributed by atoms with Crippen LogP contribution in [0.2, 0.25) is 0 Å². The second kappa shape index (κ2) is 8.09. The van der Waals surface area contributed by atoms with Crippen LogP contribution in [0.1, 0.15) is 40.0 Å². The average Bonchev–Trinajstić information content (AvgIpc) is 2.99. The minimum atomic E-state index is 0.256. The number of carbonyl (C=O) groups is 1. The van der Waals surface area contributed by atoms with Crippen LogP contribution >= 0.6 is 11.8 Å². The molecule has 6 heteroatoms. The van der Waals surface area contributed by atoms with E-state index in [0.29, 0.717) is 13.0 Å². The number of nitrogens with one attached hydrogen (secondary N) is 1. The van der Waals surface area contributed by atoms with Crippen molar-refractivity contribution in [1.29, 1.82) is 0 Å². The first-order chi connectivity index (χ1) is 10.5. The van der Waals surface area contributed by atoms with Crippen molar-refractivity contribution in [3.8, 4) is 0 Å². The first kappa shape index (κ1) is 17.4. The summed E-state index contributed by atoms with van der Waals surface area (Å²) in [6, 6.07) is 0. The molecule has 2 fully saturated rings. The van der Waals surface area contributed by atoms with E-state index in [0.717, 1.165) is 57.3 Å². The summed E-state index contributed by atoms with van der Waals surface area (Å²) in [4.78, 5) is 21.1. The first-order valence-corrected chi connectivity index (χ1v) is 9.45. The summed E-state index contributed by atoms with van der Waals surface area (Å²) in [5, 5.41) is 3.38. The van der Waals surface area contributed by atoms with Crippen LogP contribution in [0.5, 0.6) is 0 Å². The summed E-state index contributed by atoms with van der Waals surface area (Å²) in [5.74, 6) is 2.35. The highest BCUT2D eigenvalue weighted by Crippen LogP contribution is 2.29. The quantitative estimate of drug-likeness (QED) is 0.632. The summed E-state index contributed by atoms with van der Waals surface area (Å²) >= 11 is 2.02. The molecule has 22 heavy (non-hydrogen) atoms. The van der Waals surface area contributed by atoms with Crippen molar-refractivity contribution in [2.45, 2.75) is 44.8 Å². The van der Waals surface area contributed by atoms with Crippen LogP contribution in [-0.2, 0) is 4.79 Å². The molecule has 2 aliphatic heterocycles. The van der Waals surface area contributed by atoms with E-state index in [9.17, 15) is 4.79 Å². The van der Waals surface area contributed by atoms with Gasteiger partial charge in [-0.15, -0.1) is 0 Å². The van der Waals surface area contributed by atoms with Crippen molar-refractivity contribution < 1.29 is 4.79 Å². The minimum absolute atomic E-state index is 0.256. The van der Waals surface area contributed by atoms with E-state index in [1.807, 2.05) is 16.7 Å². The van der Waals surface area contributed by atoms with Gasteiger partial charge in [-0.05, 0) is 33.6 Å². The van der Waals surface area contributed by atoms with Gasteiger partial charge < -0.3 is 15.1 Å². The van der Waals surface area contributed by atoms with Gasteiger partial charge >= 0.3 is 0 Å². The van der Waals surface area contributed by atoms with Crippen LogP contribution in [0.25, 0.3) is 0 Å². The van der Waals surface area contributed by atoms with Gasteiger partial charge in [-0.2, -0.15) is 11.8 Å². The van der Waals surface area contributed by atoms with E-state index >= 15 is 0 Å². The van der Waals surface area contributed by atoms with Gasteiger partial charge in [-0.3, -0.25) is 9.79 Å². The third kappa shape index (κ3) is 5.07. The van der Waals surface area contributed by atoms with Gasteiger partial charge in [0.1, 0.15) is 0 Å². The monoisotopic (exact) mass is 326 g/mol. The Balaban J connectivity index is 1.87. The van der Waals surface area contributed by atoms with Crippen LogP contribution in [-0.4, -0.2) is 71.4 Å². The van der Waals surface area contributed by atoms with E-state index in [4.69, 9.17) is 0 Å². The van der Waals surface area contributed by atoms with E-state index < -0.39 is 0 Å². The standard InChI is InChI=1S/C16H30N4OS/c1-4-17-15(20-11-12-22-16(2,3)13-20)18-8-7-14(21)19-9-5-6-10-19/h4-13H2,1-3H3,(H,17,18). The Labute approximate surface area is 138 Å². The highest BCUT2D eigenvalue weighted by Gasteiger charge is 2.28. The number of aliphatic imine (C=N–C) groups is 1. The lowest BCUT2D eigenvalue weighted by Crippen LogP contribution is -2.51. The Hall–Kier alpha value is -0.910. The number of guanidine groups is 1. The molecule has 0 aliphatic carbocycles. The lowest BCUT2D eigenvalue weighted by Gasteiger charge is -2.39. The van der Waals surface area contributed by atoms with Gasteiger partial charge in [0.05, 0.1) is 6.54 Å². The number of likely N-dealkylation sites (tertiary alicyclic amines) is 1. The molecule has 2 saturated heterocycles. The lowest BCUT2D eigenvalue weighted by atomic mass is 10.2. The van der Waals surface area contributed by atoms with E-state index in [1.54, 1.807) is 0 Å². The third-order valence-corrected chi connectivity index (χ3v) is 5.40. The van der Waals surface area contributed by atoms with Crippen LogP contribution in [0.15, 0.2) is 4.99 Å². The van der Waals surface area contributed by atoms with Gasteiger partial charge in [0.2, 0.25) is 5.91 Å². The number of hydrogen-bond donors (Lipinski definition) is 1. The smallest absolute Gasteiger partial charge is 0.224 e. The van der Waals surface area contributed by atoms with Crippen molar-refractivity contribution in [3.05, 3.63) is 0 Å². The summed E-state index contributed by atoms with van der Waals surface area (Å²) in [7, 11) is 0. The van der Waals surface area contributed by atoms with Crippen molar-refractivity contribution in [2.75, 3.05) is 45.0 Å². The topological polar surface area (TPSA) is 47.9 Å². The van der Waals surface area contributed by atoms with Crippen LogP contribution in [0.3, 0.4) is 0 Å². The molecule has 0 aromatic heterocycles. The number of carbonyl (C=O) groups excluding carboxylic acids is 1. The summed E-state index contributed by atoms with van der Waals surface area (Å²) in [6.07, 6.45) is 2.83. The molecule has 1 amide bonds. The molecule has 0 aromatic rings. The third-order valence-electron chi connectivity index (χ3n) is 4.11. The normalized spacial score (nSPS) is 22.0. The van der Waals surface area contributed by atoms with E-state index in [1.165, 1.54) is 0 Å². The molecule has 0 unspecified atom stereocenters. The molecular formula is C16H30N4OS. The van der Waals surface area contributed by atoms with Crippen molar-refractivity contribution in [1.82, 2.24) is 15.1 Å². The SMILES string of the molecule is CCNC(=NCCC(=O)N1CCCC1)N1CCSC(C)(C)C1. The molecular weight excluding hydrogens is 296 g/mol. The Morgan fingerprint density at radius 1 is 1.23 bits per heavy atom. The molecule has 126 valence electrons. The molecule has 5 nitrogen and oxygen atoms in total. The molecule has 0 bridgehead atoms. The molecule has 0 spiro atoms. The molecule has 2 rings (SSSR count). The highest BCUT2D eigenvalue weighted by molar-refractivity contribution is 8.00. The molecule has 0 radical (unpaired) electrons. The van der Waals surface area contributed by atoms with E-state index in [-0.39, 0.29) is 10.7 Å². The maximum atomic E-state index is 12.1. The Morgan fingerprint density at radius 2 is 1.95 bits per heavy atom. The first-order valence-electron chi connectivity index (χ1n) is 8.47. The largest absolute Gasteiger partial charge is 0.357 e. The average molecular weight is 327 g/mol. The van der Waals surface area contributed by atoms with Crippen molar-refractivity contribution >= 4 is 23.6 Å². The fourth-order valence-corrected chi connectivity index (χ4v) is 4.12. The van der Waals surface area contributed by atoms with Crippen LogP contribution < -0.4 is 5.32 Å². The Bertz CT molecular complexity index is 405. The zero-order chi connectivity index (χ0) is 16.0. The molecule has 0 aromatic carbocycles. The van der Waals surface area contributed by atoms with Crippen LogP contribution in [0, 0.1) is 0 Å². The van der Waals surface area contributed by atoms with Crippen molar-refractivity contribution in [2.24, 2.45) is 4.99 Å². The minimum Gasteiger partial charge on any atom is -0.357 e. The van der Waals surface area contributed by atoms with Gasteiger partial charge in [0.25, 0.3) is 0 Å². The second-order valence-electron chi connectivity index (χ2n) is 6.60. The zero-order valence-electron chi connectivity index (χ0n) is 14.2. The van der Waals surface area contributed by atoms with Gasteiger partial charge in [0, 0.05) is 49.6 Å². The van der Waals surface area contributed by atoms with Crippen molar-refractivity contribution in [3.63, 3.8) is 0 Å². The number of nitrogens with zero attached hydrogens (tertiary/aromatic N) is 3. The predicted octanol–water partition coefficient (Wildman–Crippen LogP) is 1.79. The number of thioether (sulfide) groups is 1. The maximum absolute atomic E-state index is 12.1. The van der Waals surface area contributed by atoms with Crippen LogP contribution in [0.4, 0.5) is 0 Å². The summed E-state index contributed by atoms with van der Waals surface area (Å²) in [6.45, 7) is 12.0. The molecule has 1 N–H and O–H groups in total. The maximum Gasteiger partial charge on any atom is 0.224 e. The zero-order valence-corrected chi connectivity index (χ0v) is 15.0. The fraction of sp³-hybridized carbons (Fsp3) is 0.875. The predicted molar refractivity (Wildman–Crippen MR) is 94.5 cm³/mol. The number of rotatable bonds is 4. The second-order valence-corrected chi connectivity index (χ2v) is 8.41. The molecule has 2 aliphatic rings. The van der Waals surface area contributed by atoms with Gasteiger partial charge in [-0.25, -0.2) is 0 Å². The molecule has 0 atom stereocenters. The Morgan fingerprint density at radius 3 is 2.59 bits per heavy atom. The number of hydrogen-bond acceptors (Lipinski definition) is 3. The van der Waals surface area contributed by atoms with E-state index in [2.05, 4.69) is 36.0 Å². The molecule has 2 heterocycles. The summed E-state index contributed by atoms with van der Waals surface area (Å²) in [5.41, 5.74) is 0.